The Kier molecular flexibility index (Phi) is 5.77. The molecule has 0 unspecified atom stereocenters. The zero-order chi connectivity index (χ0) is 19.2. The second kappa shape index (κ2) is 8.80. The van der Waals surface area contributed by atoms with Gasteiger partial charge in [0, 0.05) is 38.6 Å². The van der Waals surface area contributed by atoms with E-state index in [1.54, 1.807) is 12.4 Å². The lowest BCUT2D eigenvalue weighted by Crippen LogP contribution is -2.52. The molecular weight excluding hydrogens is 366 g/mol. The van der Waals surface area contributed by atoms with Gasteiger partial charge in [-0.15, -0.1) is 0 Å². The summed E-state index contributed by atoms with van der Waals surface area (Å²) in [4.78, 5) is 13.1. The summed E-state index contributed by atoms with van der Waals surface area (Å²) in [6.07, 6.45) is 3.57. The SMILES string of the molecule is S=C(NC(c1ccccc1)c1ccccc1)N1CCN(c2ncccn2)CC1. The van der Waals surface area contributed by atoms with Crippen LogP contribution in [-0.4, -0.2) is 46.2 Å². The van der Waals surface area contributed by atoms with Crippen molar-refractivity contribution in [3.05, 3.63) is 90.3 Å². The summed E-state index contributed by atoms with van der Waals surface area (Å²) in [6, 6.07) is 22.7. The molecule has 4 rings (SSSR count). The van der Waals surface area contributed by atoms with E-state index < -0.39 is 0 Å². The maximum absolute atomic E-state index is 5.77. The van der Waals surface area contributed by atoms with Crippen molar-refractivity contribution in [1.29, 1.82) is 0 Å². The molecule has 1 aromatic heterocycles. The topological polar surface area (TPSA) is 44.3 Å². The first-order valence-corrected chi connectivity index (χ1v) is 9.89. The Morgan fingerprint density at radius 1 is 0.786 bits per heavy atom. The van der Waals surface area contributed by atoms with Crippen LogP contribution in [0.5, 0.6) is 0 Å². The van der Waals surface area contributed by atoms with Gasteiger partial charge in [0.05, 0.1) is 6.04 Å². The molecule has 28 heavy (non-hydrogen) atoms. The summed E-state index contributed by atoms with van der Waals surface area (Å²) >= 11 is 5.77. The quantitative estimate of drug-likeness (QED) is 0.691. The predicted molar refractivity (Wildman–Crippen MR) is 116 cm³/mol. The molecule has 0 spiro atoms. The third kappa shape index (κ3) is 4.28. The van der Waals surface area contributed by atoms with Gasteiger partial charge in [-0.1, -0.05) is 60.7 Å². The summed E-state index contributed by atoms with van der Waals surface area (Å²) in [6.45, 7) is 3.40. The molecule has 2 heterocycles. The fourth-order valence-corrected chi connectivity index (χ4v) is 3.73. The zero-order valence-corrected chi connectivity index (χ0v) is 16.4. The first-order chi connectivity index (χ1) is 13.8. The molecule has 0 aliphatic carbocycles. The second-order valence-electron chi connectivity index (χ2n) is 6.73. The summed E-state index contributed by atoms with van der Waals surface area (Å²) in [5.41, 5.74) is 2.40. The van der Waals surface area contributed by atoms with Crippen LogP contribution in [0.1, 0.15) is 17.2 Å². The van der Waals surface area contributed by atoms with Gasteiger partial charge in [0.1, 0.15) is 0 Å². The van der Waals surface area contributed by atoms with Gasteiger partial charge in [-0.3, -0.25) is 0 Å². The molecule has 0 bridgehead atoms. The van der Waals surface area contributed by atoms with E-state index in [1.165, 1.54) is 11.1 Å². The van der Waals surface area contributed by atoms with Crippen LogP contribution >= 0.6 is 12.2 Å². The van der Waals surface area contributed by atoms with Crippen LogP contribution in [0.2, 0.25) is 0 Å². The van der Waals surface area contributed by atoms with E-state index in [9.17, 15) is 0 Å². The van der Waals surface area contributed by atoms with E-state index in [-0.39, 0.29) is 6.04 Å². The van der Waals surface area contributed by atoms with Crippen LogP contribution in [0, 0.1) is 0 Å². The van der Waals surface area contributed by atoms with Crippen LogP contribution in [0.15, 0.2) is 79.1 Å². The largest absolute Gasteiger partial charge is 0.352 e. The van der Waals surface area contributed by atoms with Gasteiger partial charge >= 0.3 is 0 Å². The standard InChI is InChI=1S/C22H23N5S/c28-22(27-16-14-26(15-17-27)21-23-12-7-13-24-21)25-20(18-8-3-1-4-9-18)19-10-5-2-6-11-19/h1-13,20H,14-17H2,(H,25,28). The third-order valence-corrected chi connectivity index (χ3v) is 5.31. The number of thiocarbonyl (C=S) groups is 1. The van der Waals surface area contributed by atoms with Crippen LogP contribution in [0.4, 0.5) is 5.95 Å². The van der Waals surface area contributed by atoms with Crippen molar-refractivity contribution >= 4 is 23.3 Å². The number of rotatable bonds is 4. The fraction of sp³-hybridized carbons (Fsp3) is 0.227. The molecule has 142 valence electrons. The molecule has 0 saturated carbocycles. The van der Waals surface area contributed by atoms with E-state index in [0.717, 1.165) is 37.2 Å². The van der Waals surface area contributed by atoms with Gasteiger partial charge in [0.2, 0.25) is 5.95 Å². The lowest BCUT2D eigenvalue weighted by atomic mass is 9.99. The third-order valence-electron chi connectivity index (χ3n) is 4.94. The summed E-state index contributed by atoms with van der Waals surface area (Å²) in [5, 5.41) is 4.37. The Morgan fingerprint density at radius 3 is 1.86 bits per heavy atom. The van der Waals surface area contributed by atoms with E-state index in [1.807, 2.05) is 18.2 Å². The highest BCUT2D eigenvalue weighted by molar-refractivity contribution is 7.80. The molecule has 6 heteroatoms. The molecule has 1 N–H and O–H groups in total. The van der Waals surface area contributed by atoms with Crippen molar-refractivity contribution in [3.8, 4) is 0 Å². The first-order valence-electron chi connectivity index (χ1n) is 9.48. The number of piperazine rings is 1. The Hall–Kier alpha value is -2.99. The van der Waals surface area contributed by atoms with Crippen LogP contribution in [0.25, 0.3) is 0 Å². The number of anilines is 1. The Morgan fingerprint density at radius 2 is 1.32 bits per heavy atom. The Labute approximate surface area is 171 Å². The average Bonchev–Trinajstić information content (AvgIpc) is 2.79. The van der Waals surface area contributed by atoms with Gasteiger partial charge in [-0.2, -0.15) is 0 Å². The lowest BCUT2D eigenvalue weighted by molar-refractivity contribution is 0.375. The number of nitrogens with one attached hydrogen (secondary N) is 1. The highest BCUT2D eigenvalue weighted by atomic mass is 32.1. The Bertz CT molecular complexity index is 841. The number of hydrogen-bond donors (Lipinski definition) is 1. The molecule has 5 nitrogen and oxygen atoms in total. The van der Waals surface area contributed by atoms with Crippen molar-refractivity contribution in [2.75, 3.05) is 31.1 Å². The molecule has 0 radical (unpaired) electrons. The average molecular weight is 390 g/mol. The van der Waals surface area contributed by atoms with Crippen LogP contribution in [-0.2, 0) is 0 Å². The smallest absolute Gasteiger partial charge is 0.225 e. The van der Waals surface area contributed by atoms with Gasteiger partial charge < -0.3 is 15.1 Å². The van der Waals surface area contributed by atoms with Crippen molar-refractivity contribution in [1.82, 2.24) is 20.2 Å². The first kappa shape index (κ1) is 18.4. The van der Waals surface area contributed by atoms with Gasteiger partial charge in [-0.05, 0) is 29.4 Å². The highest BCUT2D eigenvalue weighted by Crippen LogP contribution is 2.22. The van der Waals surface area contributed by atoms with E-state index in [4.69, 9.17) is 12.2 Å². The second-order valence-corrected chi connectivity index (χ2v) is 7.11. The maximum Gasteiger partial charge on any atom is 0.225 e. The maximum atomic E-state index is 5.77. The van der Waals surface area contributed by atoms with Crippen LogP contribution < -0.4 is 10.2 Å². The molecule has 0 amide bonds. The zero-order valence-electron chi connectivity index (χ0n) is 15.6. The van der Waals surface area contributed by atoms with Crippen LogP contribution in [0.3, 0.4) is 0 Å². The summed E-state index contributed by atoms with van der Waals surface area (Å²) in [7, 11) is 0. The van der Waals surface area contributed by atoms with E-state index in [0.29, 0.717) is 0 Å². The molecule has 1 fully saturated rings. The minimum atomic E-state index is 0.0328. The molecule has 1 aliphatic heterocycles. The summed E-state index contributed by atoms with van der Waals surface area (Å²) in [5.74, 6) is 0.785. The molecule has 3 aromatic rings. The van der Waals surface area contributed by atoms with Crippen molar-refractivity contribution in [3.63, 3.8) is 0 Å². The van der Waals surface area contributed by atoms with Crippen molar-refractivity contribution < 1.29 is 0 Å². The van der Waals surface area contributed by atoms with Gasteiger partial charge in [0.25, 0.3) is 0 Å². The minimum absolute atomic E-state index is 0.0328. The minimum Gasteiger partial charge on any atom is -0.352 e. The fourth-order valence-electron chi connectivity index (χ4n) is 3.43. The van der Waals surface area contributed by atoms with Gasteiger partial charge in [0.15, 0.2) is 5.11 Å². The number of nitrogens with zero attached hydrogens (tertiary/aromatic N) is 4. The van der Waals surface area contributed by atoms with Gasteiger partial charge in [-0.25, -0.2) is 9.97 Å². The molecule has 1 aliphatic rings. The van der Waals surface area contributed by atoms with Crippen molar-refractivity contribution in [2.45, 2.75) is 6.04 Å². The predicted octanol–water partition coefficient (Wildman–Crippen LogP) is 3.26. The Balaban J connectivity index is 1.44. The highest BCUT2D eigenvalue weighted by Gasteiger charge is 2.23. The lowest BCUT2D eigenvalue weighted by Gasteiger charge is -2.37. The normalized spacial score (nSPS) is 14.2. The monoisotopic (exact) mass is 389 g/mol. The number of benzene rings is 2. The summed E-state index contributed by atoms with van der Waals surface area (Å²) < 4.78 is 0. The van der Waals surface area contributed by atoms with E-state index in [2.05, 4.69) is 73.6 Å². The molecule has 0 atom stereocenters. The van der Waals surface area contributed by atoms with E-state index >= 15 is 0 Å². The molecule has 2 aromatic carbocycles. The number of aromatic nitrogens is 2. The molecule has 1 saturated heterocycles. The van der Waals surface area contributed by atoms with Crippen molar-refractivity contribution in [2.24, 2.45) is 0 Å². The molecular formula is C22H23N5S. The number of hydrogen-bond acceptors (Lipinski definition) is 4.